The predicted molar refractivity (Wildman–Crippen MR) is 68.5 cm³/mol. The summed E-state index contributed by atoms with van der Waals surface area (Å²) in [6.07, 6.45) is -4.25. The summed E-state index contributed by atoms with van der Waals surface area (Å²) in [6.45, 7) is -1.85. The van der Waals surface area contributed by atoms with E-state index < -0.39 is 19.3 Å². The first kappa shape index (κ1) is 14.4. The number of hydrogen-bond donors (Lipinski definition) is 3. The first-order valence-corrected chi connectivity index (χ1v) is 5.95. The molecule has 0 unspecified atom stereocenters. The summed E-state index contributed by atoms with van der Waals surface area (Å²) >= 11 is 0. The first-order chi connectivity index (χ1) is 9.30. The maximum Gasteiger partial charge on any atom is 0.405 e. The second kappa shape index (κ2) is 5.20. The molecule has 4 N–H and O–H groups in total. The lowest BCUT2D eigenvalue weighted by molar-refractivity contribution is -0.120. The van der Waals surface area contributed by atoms with Crippen LogP contribution in [0.4, 0.5) is 30.2 Å². The fourth-order valence-electron chi connectivity index (χ4n) is 2.18. The van der Waals surface area contributed by atoms with E-state index in [4.69, 9.17) is 10.8 Å². The van der Waals surface area contributed by atoms with Crippen LogP contribution in [0.2, 0.25) is 0 Å². The minimum absolute atomic E-state index is 0.150. The van der Waals surface area contributed by atoms with Crippen LogP contribution >= 0.6 is 0 Å². The number of carbonyl (C=O) groups is 1. The average molecular weight is 289 g/mol. The van der Waals surface area contributed by atoms with Gasteiger partial charge in [0.2, 0.25) is 5.91 Å². The Morgan fingerprint density at radius 2 is 2.10 bits per heavy atom. The zero-order chi connectivity index (χ0) is 14.9. The Kier molecular flexibility index (Phi) is 3.76. The van der Waals surface area contributed by atoms with Gasteiger partial charge in [0.05, 0.1) is 24.4 Å². The molecule has 20 heavy (non-hydrogen) atoms. The predicted octanol–water partition coefficient (Wildman–Crippen LogP) is 1.12. The van der Waals surface area contributed by atoms with Crippen LogP contribution in [0.25, 0.3) is 0 Å². The smallest absolute Gasteiger partial charge is 0.397 e. The van der Waals surface area contributed by atoms with Crippen LogP contribution < -0.4 is 16.0 Å². The van der Waals surface area contributed by atoms with Gasteiger partial charge in [-0.2, -0.15) is 13.2 Å². The van der Waals surface area contributed by atoms with Gasteiger partial charge in [-0.3, -0.25) is 4.79 Å². The fourth-order valence-corrected chi connectivity index (χ4v) is 2.18. The zero-order valence-electron chi connectivity index (χ0n) is 10.5. The number of halogens is 3. The van der Waals surface area contributed by atoms with Gasteiger partial charge in [0.25, 0.3) is 0 Å². The van der Waals surface area contributed by atoms with E-state index in [0.29, 0.717) is 11.3 Å². The molecular weight excluding hydrogens is 275 g/mol. The van der Waals surface area contributed by atoms with Crippen LogP contribution in [0.1, 0.15) is 5.56 Å². The standard InChI is InChI=1S/C12H14F3N3O2/c13-12(14,15)6-18(1-2-19)10-5-9-7(3-8(10)16)4-11(20)17-9/h3,5,19H,1-2,4,6,16H2,(H,17,20). The van der Waals surface area contributed by atoms with Gasteiger partial charge >= 0.3 is 6.18 Å². The van der Waals surface area contributed by atoms with E-state index in [1.165, 1.54) is 12.1 Å². The molecular formula is C12H14F3N3O2. The molecule has 0 atom stereocenters. The van der Waals surface area contributed by atoms with Crippen LogP contribution in [0, 0.1) is 0 Å². The average Bonchev–Trinajstić information content (AvgIpc) is 2.65. The highest BCUT2D eigenvalue weighted by Gasteiger charge is 2.32. The molecule has 0 radical (unpaired) electrons. The number of rotatable bonds is 4. The number of alkyl halides is 3. The summed E-state index contributed by atoms with van der Waals surface area (Å²) in [4.78, 5) is 12.2. The van der Waals surface area contributed by atoms with Crippen molar-refractivity contribution in [2.24, 2.45) is 0 Å². The third kappa shape index (κ3) is 3.13. The minimum Gasteiger partial charge on any atom is -0.397 e. The van der Waals surface area contributed by atoms with E-state index in [1.807, 2.05) is 0 Å². The Hall–Kier alpha value is -1.96. The topological polar surface area (TPSA) is 78.6 Å². The maximum atomic E-state index is 12.5. The Morgan fingerprint density at radius 1 is 1.40 bits per heavy atom. The Bertz CT molecular complexity index is 531. The van der Waals surface area contributed by atoms with E-state index in [2.05, 4.69) is 5.32 Å². The summed E-state index contributed by atoms with van der Waals surface area (Å²) in [7, 11) is 0. The largest absolute Gasteiger partial charge is 0.405 e. The van der Waals surface area contributed by atoms with E-state index in [-0.39, 0.29) is 30.2 Å². The second-order valence-electron chi connectivity index (χ2n) is 4.55. The van der Waals surface area contributed by atoms with Crippen molar-refractivity contribution in [2.45, 2.75) is 12.6 Å². The summed E-state index contributed by atoms with van der Waals surface area (Å²) in [5.41, 5.74) is 7.18. The number of nitrogens with two attached hydrogens (primary N) is 1. The van der Waals surface area contributed by atoms with Crippen molar-refractivity contribution in [2.75, 3.05) is 35.6 Å². The van der Waals surface area contributed by atoms with Gasteiger partial charge in [-0.05, 0) is 17.7 Å². The number of fused-ring (bicyclic) bond motifs is 1. The normalized spacial score (nSPS) is 14.1. The first-order valence-electron chi connectivity index (χ1n) is 5.95. The van der Waals surface area contributed by atoms with Gasteiger partial charge < -0.3 is 21.1 Å². The molecule has 1 aliphatic rings. The van der Waals surface area contributed by atoms with Crippen molar-refractivity contribution in [1.82, 2.24) is 0 Å². The summed E-state index contributed by atoms with van der Waals surface area (Å²) in [5, 5.41) is 11.5. The molecule has 0 bridgehead atoms. The quantitative estimate of drug-likeness (QED) is 0.726. The van der Waals surface area contributed by atoms with E-state index in [0.717, 1.165) is 4.90 Å². The molecule has 0 fully saturated rings. The number of aliphatic hydroxyl groups excluding tert-OH is 1. The second-order valence-corrected chi connectivity index (χ2v) is 4.55. The fraction of sp³-hybridized carbons (Fsp3) is 0.417. The number of nitrogen functional groups attached to an aromatic ring is 1. The number of nitrogens with zero attached hydrogens (tertiary/aromatic N) is 1. The highest BCUT2D eigenvalue weighted by molar-refractivity contribution is 6.00. The lowest BCUT2D eigenvalue weighted by Gasteiger charge is -2.27. The lowest BCUT2D eigenvalue weighted by atomic mass is 10.1. The summed E-state index contributed by atoms with van der Waals surface area (Å²) < 4.78 is 37.6. The van der Waals surface area contributed by atoms with Gasteiger partial charge in [0, 0.05) is 12.2 Å². The third-order valence-electron chi connectivity index (χ3n) is 2.96. The molecule has 0 spiro atoms. The molecule has 1 amide bonds. The Labute approximate surface area is 113 Å². The number of benzene rings is 1. The molecule has 5 nitrogen and oxygen atoms in total. The molecule has 8 heteroatoms. The van der Waals surface area contributed by atoms with Crippen LogP contribution in [0.5, 0.6) is 0 Å². The monoisotopic (exact) mass is 289 g/mol. The van der Waals surface area contributed by atoms with Gasteiger partial charge in [-0.1, -0.05) is 0 Å². The maximum absolute atomic E-state index is 12.5. The van der Waals surface area contributed by atoms with Gasteiger partial charge in [-0.25, -0.2) is 0 Å². The highest BCUT2D eigenvalue weighted by atomic mass is 19.4. The molecule has 2 rings (SSSR count). The summed E-state index contributed by atoms with van der Waals surface area (Å²) in [5.74, 6) is -0.221. The number of amides is 1. The van der Waals surface area contributed by atoms with E-state index in [9.17, 15) is 18.0 Å². The Balaban J connectivity index is 2.34. The molecule has 0 saturated heterocycles. The van der Waals surface area contributed by atoms with Crippen molar-refractivity contribution in [3.63, 3.8) is 0 Å². The van der Waals surface area contributed by atoms with Gasteiger partial charge in [-0.15, -0.1) is 0 Å². The lowest BCUT2D eigenvalue weighted by Crippen LogP contribution is -2.36. The minimum atomic E-state index is -4.41. The zero-order valence-corrected chi connectivity index (χ0v) is 10.5. The molecule has 110 valence electrons. The van der Waals surface area contributed by atoms with Crippen molar-refractivity contribution in [3.05, 3.63) is 17.7 Å². The number of hydrogen-bond acceptors (Lipinski definition) is 4. The van der Waals surface area contributed by atoms with E-state index >= 15 is 0 Å². The molecule has 1 aromatic carbocycles. The molecule has 1 aromatic rings. The van der Waals surface area contributed by atoms with E-state index in [1.54, 1.807) is 0 Å². The molecule has 1 aliphatic heterocycles. The number of anilines is 3. The van der Waals surface area contributed by atoms with Crippen LogP contribution in [0.15, 0.2) is 12.1 Å². The molecule has 0 aromatic heterocycles. The molecule has 0 saturated carbocycles. The number of aliphatic hydroxyl groups is 1. The van der Waals surface area contributed by atoms with Crippen LogP contribution in [-0.2, 0) is 11.2 Å². The van der Waals surface area contributed by atoms with Crippen molar-refractivity contribution in [1.29, 1.82) is 0 Å². The SMILES string of the molecule is Nc1cc2c(cc1N(CCO)CC(F)(F)F)NC(=O)C2. The molecule has 0 aliphatic carbocycles. The van der Waals surface area contributed by atoms with Crippen molar-refractivity contribution in [3.8, 4) is 0 Å². The summed E-state index contributed by atoms with van der Waals surface area (Å²) in [6, 6.07) is 2.90. The van der Waals surface area contributed by atoms with Crippen molar-refractivity contribution < 1.29 is 23.1 Å². The molecule has 1 heterocycles. The van der Waals surface area contributed by atoms with Gasteiger partial charge in [0.15, 0.2) is 0 Å². The Morgan fingerprint density at radius 3 is 2.70 bits per heavy atom. The van der Waals surface area contributed by atoms with Crippen molar-refractivity contribution >= 4 is 23.0 Å². The number of nitrogens with one attached hydrogen (secondary N) is 1. The van der Waals surface area contributed by atoms with Crippen LogP contribution in [-0.4, -0.2) is 36.9 Å². The van der Waals surface area contributed by atoms with Gasteiger partial charge in [0.1, 0.15) is 6.54 Å². The number of carbonyl (C=O) groups excluding carboxylic acids is 1. The third-order valence-corrected chi connectivity index (χ3v) is 2.96. The highest BCUT2D eigenvalue weighted by Crippen LogP contribution is 2.34. The van der Waals surface area contributed by atoms with Crippen LogP contribution in [0.3, 0.4) is 0 Å².